The maximum absolute atomic E-state index is 13.0. The summed E-state index contributed by atoms with van der Waals surface area (Å²) in [5.41, 5.74) is 1.42. The van der Waals surface area contributed by atoms with Gasteiger partial charge >= 0.3 is 0 Å². The van der Waals surface area contributed by atoms with Crippen LogP contribution in [0.2, 0.25) is 0 Å². The molecule has 5 nitrogen and oxygen atoms in total. The molecule has 0 aromatic heterocycles. The summed E-state index contributed by atoms with van der Waals surface area (Å²) in [7, 11) is 3.13. The van der Waals surface area contributed by atoms with Gasteiger partial charge in [0.05, 0.1) is 14.2 Å². The Kier molecular flexibility index (Phi) is 7.06. The van der Waals surface area contributed by atoms with Gasteiger partial charge in [-0.05, 0) is 61.5 Å². The minimum absolute atomic E-state index is 0. The van der Waals surface area contributed by atoms with Crippen LogP contribution in [0.3, 0.4) is 0 Å². The van der Waals surface area contributed by atoms with Crippen LogP contribution in [-0.2, 0) is 13.0 Å². The normalized spacial score (nSPS) is 21.8. The van der Waals surface area contributed by atoms with Crippen molar-refractivity contribution in [1.29, 1.82) is 0 Å². The topological polar surface area (TPSA) is 59.0 Å². The Labute approximate surface area is 184 Å². The second-order valence-corrected chi connectivity index (χ2v) is 8.31. The minimum atomic E-state index is -1.31. The SMILES string of the molecule is COc1cc2c(cc1OC)C(=O)C(O)(CC1CCN(Cc3ccccc3)CC1)C2.Cl. The van der Waals surface area contributed by atoms with E-state index in [9.17, 15) is 9.90 Å². The lowest BCUT2D eigenvalue weighted by Crippen LogP contribution is -2.41. The molecule has 1 atom stereocenters. The molecule has 2 aliphatic rings. The van der Waals surface area contributed by atoms with E-state index in [0.29, 0.717) is 35.8 Å². The van der Waals surface area contributed by atoms with Gasteiger partial charge in [0.25, 0.3) is 0 Å². The zero-order chi connectivity index (χ0) is 20.4. The molecule has 6 heteroatoms. The van der Waals surface area contributed by atoms with Gasteiger partial charge < -0.3 is 14.6 Å². The van der Waals surface area contributed by atoms with E-state index in [1.54, 1.807) is 20.3 Å². The van der Waals surface area contributed by atoms with Crippen molar-refractivity contribution in [3.63, 3.8) is 0 Å². The summed E-state index contributed by atoms with van der Waals surface area (Å²) in [6, 6.07) is 14.0. The molecule has 1 N–H and O–H groups in total. The quantitative estimate of drug-likeness (QED) is 0.751. The fraction of sp³-hybridized carbons (Fsp3) is 0.458. The Hall–Kier alpha value is -2.08. The Morgan fingerprint density at radius 1 is 1.07 bits per heavy atom. The average Bonchev–Trinajstić information content (AvgIpc) is 2.98. The van der Waals surface area contributed by atoms with Crippen LogP contribution in [-0.4, -0.2) is 48.7 Å². The Morgan fingerprint density at radius 2 is 1.70 bits per heavy atom. The molecule has 1 aliphatic carbocycles. The molecule has 1 fully saturated rings. The number of ether oxygens (including phenoxy) is 2. The van der Waals surface area contributed by atoms with Crippen LogP contribution in [0, 0.1) is 5.92 Å². The van der Waals surface area contributed by atoms with Gasteiger partial charge in [0.15, 0.2) is 17.3 Å². The first kappa shape index (κ1) is 22.6. The first-order valence-electron chi connectivity index (χ1n) is 10.3. The summed E-state index contributed by atoms with van der Waals surface area (Å²) in [6.45, 7) is 2.96. The minimum Gasteiger partial charge on any atom is -0.493 e. The lowest BCUT2D eigenvalue weighted by atomic mass is 9.82. The number of methoxy groups -OCH3 is 2. The number of hydrogen-bond acceptors (Lipinski definition) is 5. The lowest BCUT2D eigenvalue weighted by Gasteiger charge is -2.35. The maximum Gasteiger partial charge on any atom is 0.195 e. The molecule has 0 bridgehead atoms. The highest BCUT2D eigenvalue weighted by Crippen LogP contribution is 2.41. The number of likely N-dealkylation sites (tertiary alicyclic amines) is 1. The number of hydrogen-bond donors (Lipinski definition) is 1. The number of piperidine rings is 1. The molecular formula is C24H30ClNO4. The van der Waals surface area contributed by atoms with Crippen LogP contribution >= 0.6 is 12.4 Å². The number of ketones is 1. The van der Waals surface area contributed by atoms with Gasteiger partial charge in [-0.2, -0.15) is 0 Å². The third-order valence-corrected chi connectivity index (χ3v) is 6.34. The molecule has 0 spiro atoms. The van der Waals surface area contributed by atoms with E-state index in [0.717, 1.165) is 38.0 Å². The van der Waals surface area contributed by atoms with Crippen molar-refractivity contribution in [2.75, 3.05) is 27.3 Å². The molecule has 1 saturated heterocycles. The number of fused-ring (bicyclic) bond motifs is 1. The molecule has 2 aromatic carbocycles. The van der Waals surface area contributed by atoms with Crippen molar-refractivity contribution in [1.82, 2.24) is 4.90 Å². The highest BCUT2D eigenvalue weighted by atomic mass is 35.5. The van der Waals surface area contributed by atoms with Gasteiger partial charge in [0, 0.05) is 18.5 Å². The largest absolute Gasteiger partial charge is 0.493 e. The first-order valence-corrected chi connectivity index (χ1v) is 10.3. The van der Waals surface area contributed by atoms with Gasteiger partial charge in [-0.3, -0.25) is 9.69 Å². The summed E-state index contributed by atoms with van der Waals surface area (Å²) in [5, 5.41) is 11.2. The fourth-order valence-electron chi connectivity index (χ4n) is 4.76. The average molecular weight is 432 g/mol. The monoisotopic (exact) mass is 431 g/mol. The lowest BCUT2D eigenvalue weighted by molar-refractivity contribution is 0.0165. The molecule has 1 aliphatic heterocycles. The molecule has 4 rings (SSSR count). The second-order valence-electron chi connectivity index (χ2n) is 8.31. The molecule has 1 unspecified atom stereocenters. The Balaban J connectivity index is 0.00000256. The number of carbonyl (C=O) groups excluding carboxylic acids is 1. The van der Waals surface area contributed by atoms with Gasteiger partial charge in [-0.1, -0.05) is 30.3 Å². The van der Waals surface area contributed by atoms with Gasteiger partial charge in [0.1, 0.15) is 5.60 Å². The standard InChI is InChI=1S/C24H29NO4.ClH/c1-28-21-12-19-15-24(27,23(26)20(19)13-22(21)29-2)14-17-8-10-25(11-9-17)16-18-6-4-3-5-7-18;/h3-7,12-13,17,27H,8-11,14-16H2,1-2H3;1H. The van der Waals surface area contributed by atoms with E-state index >= 15 is 0 Å². The van der Waals surface area contributed by atoms with Crippen LogP contribution in [0.25, 0.3) is 0 Å². The third kappa shape index (κ3) is 4.48. The van der Waals surface area contributed by atoms with E-state index in [2.05, 4.69) is 29.2 Å². The summed E-state index contributed by atoms with van der Waals surface area (Å²) in [5.74, 6) is 1.30. The summed E-state index contributed by atoms with van der Waals surface area (Å²) in [6.07, 6.45) is 2.88. The molecule has 0 amide bonds. The van der Waals surface area contributed by atoms with Crippen molar-refractivity contribution in [3.8, 4) is 11.5 Å². The van der Waals surface area contributed by atoms with E-state index < -0.39 is 5.60 Å². The van der Waals surface area contributed by atoms with E-state index in [4.69, 9.17) is 9.47 Å². The van der Waals surface area contributed by atoms with Gasteiger partial charge in [-0.15, -0.1) is 12.4 Å². The van der Waals surface area contributed by atoms with Crippen LogP contribution < -0.4 is 9.47 Å². The van der Waals surface area contributed by atoms with E-state index in [1.807, 2.05) is 12.1 Å². The third-order valence-electron chi connectivity index (χ3n) is 6.34. The van der Waals surface area contributed by atoms with Gasteiger partial charge in [0.2, 0.25) is 0 Å². The molecule has 1 heterocycles. The smallest absolute Gasteiger partial charge is 0.195 e. The number of carbonyl (C=O) groups is 1. The van der Waals surface area contributed by atoms with Crippen molar-refractivity contribution in [3.05, 3.63) is 59.2 Å². The van der Waals surface area contributed by atoms with Crippen LogP contribution in [0.5, 0.6) is 11.5 Å². The highest BCUT2D eigenvalue weighted by molar-refractivity contribution is 6.07. The molecule has 0 saturated carbocycles. The van der Waals surface area contributed by atoms with Crippen molar-refractivity contribution in [2.24, 2.45) is 5.92 Å². The predicted molar refractivity (Wildman–Crippen MR) is 119 cm³/mol. The highest BCUT2D eigenvalue weighted by Gasteiger charge is 2.46. The Bertz CT molecular complexity index is 880. The zero-order valence-corrected chi connectivity index (χ0v) is 18.4. The van der Waals surface area contributed by atoms with Crippen LogP contribution in [0.4, 0.5) is 0 Å². The number of benzene rings is 2. The van der Waals surface area contributed by atoms with Crippen molar-refractivity contribution < 1.29 is 19.4 Å². The maximum atomic E-state index is 13.0. The molecule has 0 radical (unpaired) electrons. The first-order chi connectivity index (χ1) is 14.0. The summed E-state index contributed by atoms with van der Waals surface area (Å²) >= 11 is 0. The second kappa shape index (κ2) is 9.38. The van der Waals surface area contributed by atoms with E-state index in [-0.39, 0.29) is 18.2 Å². The predicted octanol–water partition coefficient (Wildman–Crippen LogP) is 3.90. The van der Waals surface area contributed by atoms with Crippen molar-refractivity contribution >= 4 is 18.2 Å². The molecular weight excluding hydrogens is 402 g/mol. The van der Waals surface area contributed by atoms with Crippen LogP contribution in [0.1, 0.15) is 40.7 Å². The molecule has 162 valence electrons. The summed E-state index contributed by atoms with van der Waals surface area (Å²) in [4.78, 5) is 15.5. The number of nitrogens with zero attached hydrogens (tertiary/aromatic N) is 1. The fourth-order valence-corrected chi connectivity index (χ4v) is 4.76. The Morgan fingerprint density at radius 3 is 2.33 bits per heavy atom. The number of halogens is 1. The number of aliphatic hydroxyl groups is 1. The summed E-state index contributed by atoms with van der Waals surface area (Å²) < 4.78 is 10.7. The molecule has 30 heavy (non-hydrogen) atoms. The molecule has 2 aromatic rings. The zero-order valence-electron chi connectivity index (χ0n) is 17.6. The van der Waals surface area contributed by atoms with E-state index in [1.165, 1.54) is 5.56 Å². The number of Topliss-reactive ketones (excluding diaryl/α,β-unsaturated/α-hetero) is 1. The van der Waals surface area contributed by atoms with Crippen molar-refractivity contribution in [2.45, 2.75) is 37.8 Å². The van der Waals surface area contributed by atoms with Gasteiger partial charge in [-0.25, -0.2) is 0 Å². The number of rotatable bonds is 6. The van der Waals surface area contributed by atoms with Crippen LogP contribution in [0.15, 0.2) is 42.5 Å².